The van der Waals surface area contributed by atoms with E-state index in [-0.39, 0.29) is 5.91 Å². The third kappa shape index (κ3) is 2.46. The highest BCUT2D eigenvalue weighted by atomic mass is 16.5. The van der Waals surface area contributed by atoms with Crippen molar-refractivity contribution in [3.8, 4) is 0 Å². The Morgan fingerprint density at radius 3 is 2.76 bits per heavy atom. The van der Waals surface area contributed by atoms with E-state index in [1.807, 2.05) is 4.90 Å². The number of hydrogen-bond donors (Lipinski definition) is 1. The highest BCUT2D eigenvalue weighted by molar-refractivity contribution is 5.78. The number of hydrogen-bond acceptors (Lipinski definition) is 4. The average Bonchev–Trinajstić information content (AvgIpc) is 2.99. The Morgan fingerprint density at radius 1 is 1.29 bits per heavy atom. The van der Waals surface area contributed by atoms with Crippen molar-refractivity contribution >= 4 is 5.91 Å². The molecule has 3 aliphatic rings. The largest absolute Gasteiger partial charge is 0.378 e. The van der Waals surface area contributed by atoms with Crippen LogP contribution in [-0.4, -0.2) is 61.9 Å². The molecule has 1 amide bonds. The van der Waals surface area contributed by atoms with E-state index in [0.717, 1.165) is 25.9 Å². The first-order valence-corrected chi connectivity index (χ1v) is 6.57. The first-order chi connectivity index (χ1) is 8.33. The summed E-state index contributed by atoms with van der Waals surface area (Å²) in [6.45, 7) is 3.24. The maximum Gasteiger partial charge on any atom is 0.236 e. The van der Waals surface area contributed by atoms with Gasteiger partial charge in [0.05, 0.1) is 32.0 Å². The van der Waals surface area contributed by atoms with Gasteiger partial charge in [0.2, 0.25) is 5.91 Å². The van der Waals surface area contributed by atoms with Gasteiger partial charge in [-0.2, -0.15) is 0 Å². The maximum absolute atomic E-state index is 11.9. The number of nitrogens with zero attached hydrogens (tertiary/aromatic N) is 1. The number of carbonyl (C=O) groups is 1. The number of fused-ring (bicyclic) bond motifs is 2. The van der Waals surface area contributed by atoms with Crippen molar-refractivity contribution in [1.82, 2.24) is 10.2 Å². The zero-order valence-corrected chi connectivity index (χ0v) is 10.1. The number of rotatable bonds is 3. The van der Waals surface area contributed by atoms with E-state index in [4.69, 9.17) is 9.47 Å². The van der Waals surface area contributed by atoms with Crippen LogP contribution in [0.1, 0.15) is 19.3 Å². The topological polar surface area (TPSA) is 50.8 Å². The molecular weight excluding hydrogens is 220 g/mol. The molecule has 3 saturated heterocycles. The lowest BCUT2D eigenvalue weighted by Gasteiger charge is -2.28. The third-order valence-corrected chi connectivity index (χ3v) is 3.99. The van der Waals surface area contributed by atoms with Crippen LogP contribution in [0.3, 0.4) is 0 Å². The fourth-order valence-corrected chi connectivity index (χ4v) is 3.00. The van der Waals surface area contributed by atoms with Crippen molar-refractivity contribution in [2.45, 2.75) is 37.5 Å². The molecule has 2 bridgehead atoms. The van der Waals surface area contributed by atoms with Gasteiger partial charge in [-0.25, -0.2) is 0 Å². The maximum atomic E-state index is 11.9. The van der Waals surface area contributed by atoms with Gasteiger partial charge >= 0.3 is 0 Å². The molecule has 0 aliphatic carbocycles. The number of ether oxygens (including phenoxy) is 2. The first-order valence-electron chi connectivity index (χ1n) is 6.57. The second kappa shape index (κ2) is 4.92. The Morgan fingerprint density at radius 2 is 2.12 bits per heavy atom. The van der Waals surface area contributed by atoms with Gasteiger partial charge in [0.25, 0.3) is 0 Å². The summed E-state index contributed by atoms with van der Waals surface area (Å²) in [4.78, 5) is 13.8. The van der Waals surface area contributed by atoms with Crippen molar-refractivity contribution < 1.29 is 14.3 Å². The van der Waals surface area contributed by atoms with Gasteiger partial charge in [-0.1, -0.05) is 0 Å². The van der Waals surface area contributed by atoms with Crippen molar-refractivity contribution in [2.24, 2.45) is 0 Å². The summed E-state index contributed by atoms with van der Waals surface area (Å²) in [6.07, 6.45) is 4.20. The average molecular weight is 240 g/mol. The molecule has 5 nitrogen and oxygen atoms in total. The lowest BCUT2D eigenvalue weighted by atomic mass is 9.95. The van der Waals surface area contributed by atoms with Crippen LogP contribution < -0.4 is 5.32 Å². The molecule has 96 valence electrons. The minimum absolute atomic E-state index is 0.191. The van der Waals surface area contributed by atoms with Crippen LogP contribution in [0.15, 0.2) is 0 Å². The molecule has 3 aliphatic heterocycles. The Labute approximate surface area is 101 Å². The van der Waals surface area contributed by atoms with Crippen LogP contribution in [0.25, 0.3) is 0 Å². The highest BCUT2D eigenvalue weighted by Gasteiger charge is 2.40. The van der Waals surface area contributed by atoms with E-state index in [0.29, 0.717) is 38.0 Å². The van der Waals surface area contributed by atoms with Gasteiger partial charge in [-0.15, -0.1) is 0 Å². The van der Waals surface area contributed by atoms with Crippen LogP contribution in [0, 0.1) is 0 Å². The van der Waals surface area contributed by atoms with Crippen LogP contribution in [-0.2, 0) is 14.3 Å². The number of morpholine rings is 1. The van der Waals surface area contributed by atoms with Crippen LogP contribution >= 0.6 is 0 Å². The van der Waals surface area contributed by atoms with Crippen molar-refractivity contribution in [1.29, 1.82) is 0 Å². The summed E-state index contributed by atoms with van der Waals surface area (Å²) in [6, 6.07) is 0.388. The highest BCUT2D eigenvalue weighted by Crippen LogP contribution is 2.34. The van der Waals surface area contributed by atoms with Crippen molar-refractivity contribution in [2.75, 3.05) is 32.8 Å². The van der Waals surface area contributed by atoms with Gasteiger partial charge in [-0.05, 0) is 19.3 Å². The quantitative estimate of drug-likeness (QED) is 0.739. The fourth-order valence-electron chi connectivity index (χ4n) is 3.00. The molecule has 0 radical (unpaired) electrons. The molecule has 5 heteroatoms. The summed E-state index contributed by atoms with van der Waals surface area (Å²) >= 11 is 0. The van der Waals surface area contributed by atoms with E-state index in [2.05, 4.69) is 5.32 Å². The van der Waals surface area contributed by atoms with Crippen LogP contribution in [0.5, 0.6) is 0 Å². The SMILES string of the molecule is O=C(CNC1CC2CCC1O2)N1CCOCC1. The lowest BCUT2D eigenvalue weighted by Crippen LogP contribution is -2.48. The van der Waals surface area contributed by atoms with Gasteiger partial charge < -0.3 is 19.7 Å². The molecule has 17 heavy (non-hydrogen) atoms. The smallest absolute Gasteiger partial charge is 0.236 e. The molecule has 0 saturated carbocycles. The van der Waals surface area contributed by atoms with Crippen LogP contribution in [0.4, 0.5) is 0 Å². The molecule has 0 aromatic carbocycles. The van der Waals surface area contributed by atoms with Gasteiger partial charge in [-0.3, -0.25) is 4.79 Å². The molecule has 0 spiro atoms. The predicted octanol–water partition coefficient (Wildman–Crippen LogP) is -0.245. The summed E-state index contributed by atoms with van der Waals surface area (Å²) in [5.41, 5.74) is 0. The van der Waals surface area contributed by atoms with Crippen LogP contribution in [0.2, 0.25) is 0 Å². The minimum Gasteiger partial charge on any atom is -0.378 e. The molecule has 0 aromatic rings. The van der Waals surface area contributed by atoms with Gasteiger partial charge in [0.15, 0.2) is 0 Å². The predicted molar refractivity (Wildman–Crippen MR) is 61.7 cm³/mol. The monoisotopic (exact) mass is 240 g/mol. The van der Waals surface area contributed by atoms with E-state index < -0.39 is 0 Å². The normalized spacial score (nSPS) is 36.5. The zero-order valence-electron chi connectivity index (χ0n) is 10.1. The van der Waals surface area contributed by atoms with Gasteiger partial charge in [0.1, 0.15) is 0 Å². The summed E-state index contributed by atoms with van der Waals surface area (Å²) in [5, 5.41) is 3.35. The van der Waals surface area contributed by atoms with Gasteiger partial charge in [0, 0.05) is 19.1 Å². The molecule has 1 N–H and O–H groups in total. The molecular formula is C12H20N2O3. The lowest BCUT2D eigenvalue weighted by molar-refractivity contribution is -0.134. The second-order valence-electron chi connectivity index (χ2n) is 5.09. The van der Waals surface area contributed by atoms with Crippen molar-refractivity contribution in [3.05, 3.63) is 0 Å². The standard InChI is InChI=1S/C12H20N2O3/c15-12(14-3-5-16-6-4-14)8-13-10-7-9-1-2-11(10)17-9/h9-11,13H,1-8H2. The Hall–Kier alpha value is -0.650. The summed E-state index contributed by atoms with van der Waals surface area (Å²) in [7, 11) is 0. The summed E-state index contributed by atoms with van der Waals surface area (Å²) in [5.74, 6) is 0.191. The Kier molecular flexibility index (Phi) is 3.31. The first kappa shape index (κ1) is 11.4. The fraction of sp³-hybridized carbons (Fsp3) is 0.917. The second-order valence-corrected chi connectivity index (χ2v) is 5.09. The molecule has 0 aromatic heterocycles. The summed E-state index contributed by atoms with van der Waals surface area (Å²) < 4.78 is 11.0. The number of carbonyl (C=O) groups excluding carboxylic acids is 1. The van der Waals surface area contributed by atoms with E-state index in [1.54, 1.807) is 0 Å². The molecule has 3 atom stereocenters. The third-order valence-electron chi connectivity index (χ3n) is 3.99. The van der Waals surface area contributed by atoms with E-state index >= 15 is 0 Å². The molecule has 3 rings (SSSR count). The Bertz CT molecular complexity index is 291. The zero-order chi connectivity index (χ0) is 11.7. The molecule has 3 unspecified atom stereocenters. The molecule has 3 fully saturated rings. The van der Waals surface area contributed by atoms with Crippen molar-refractivity contribution in [3.63, 3.8) is 0 Å². The number of nitrogens with one attached hydrogen (secondary N) is 1. The van der Waals surface area contributed by atoms with E-state index in [1.165, 1.54) is 6.42 Å². The minimum atomic E-state index is 0.191. The molecule has 3 heterocycles. The Balaban J connectivity index is 1.43. The van der Waals surface area contributed by atoms with E-state index in [9.17, 15) is 4.79 Å². The number of amides is 1.